The molecule has 1 atom stereocenters. The van der Waals surface area contributed by atoms with Gasteiger partial charge in [0.1, 0.15) is 6.10 Å². The average Bonchev–Trinajstić information content (AvgIpc) is 3.31. The Morgan fingerprint density at radius 2 is 1.92 bits per heavy atom. The SMILES string of the molecule is CCCc1sc(C(=O)N2CCN(C(=O)C3CCCO3)CC2)cc1CC. The van der Waals surface area contributed by atoms with Crippen molar-refractivity contribution in [2.24, 2.45) is 0 Å². The summed E-state index contributed by atoms with van der Waals surface area (Å²) in [6.07, 6.45) is 4.65. The monoisotopic (exact) mass is 364 g/mol. The Labute approximate surface area is 153 Å². The summed E-state index contributed by atoms with van der Waals surface area (Å²) < 4.78 is 5.49. The van der Waals surface area contributed by atoms with Crippen molar-refractivity contribution in [1.82, 2.24) is 9.80 Å². The number of hydrogen-bond donors (Lipinski definition) is 0. The molecular formula is C19H28N2O3S. The maximum atomic E-state index is 12.8. The number of rotatable bonds is 5. The summed E-state index contributed by atoms with van der Waals surface area (Å²) in [6.45, 7) is 7.44. The second-order valence-electron chi connectivity index (χ2n) is 6.78. The zero-order valence-electron chi connectivity index (χ0n) is 15.3. The third-order valence-electron chi connectivity index (χ3n) is 5.05. The Balaban J connectivity index is 1.58. The molecule has 2 fully saturated rings. The number of nitrogens with zero attached hydrogens (tertiary/aromatic N) is 2. The van der Waals surface area contributed by atoms with E-state index in [4.69, 9.17) is 4.74 Å². The van der Waals surface area contributed by atoms with E-state index in [1.165, 1.54) is 10.4 Å². The molecule has 138 valence electrons. The molecule has 0 radical (unpaired) electrons. The molecule has 0 aliphatic carbocycles. The van der Waals surface area contributed by atoms with Gasteiger partial charge in [0.05, 0.1) is 4.88 Å². The van der Waals surface area contributed by atoms with Crippen LogP contribution in [0, 0.1) is 0 Å². The van der Waals surface area contributed by atoms with Gasteiger partial charge in [0, 0.05) is 37.7 Å². The van der Waals surface area contributed by atoms with Crippen molar-refractivity contribution in [2.75, 3.05) is 32.8 Å². The average molecular weight is 365 g/mol. The molecule has 1 aromatic heterocycles. The molecule has 2 saturated heterocycles. The molecule has 2 amide bonds. The lowest BCUT2D eigenvalue weighted by Gasteiger charge is -2.35. The number of ether oxygens (including phenoxy) is 1. The van der Waals surface area contributed by atoms with E-state index >= 15 is 0 Å². The fourth-order valence-electron chi connectivity index (χ4n) is 3.57. The van der Waals surface area contributed by atoms with Crippen molar-refractivity contribution in [3.05, 3.63) is 21.4 Å². The van der Waals surface area contributed by atoms with Gasteiger partial charge in [-0.15, -0.1) is 11.3 Å². The first-order valence-electron chi connectivity index (χ1n) is 9.45. The van der Waals surface area contributed by atoms with E-state index < -0.39 is 0 Å². The van der Waals surface area contributed by atoms with Gasteiger partial charge in [-0.25, -0.2) is 0 Å². The predicted octanol–water partition coefficient (Wildman–Crippen LogP) is 2.73. The highest BCUT2D eigenvalue weighted by atomic mass is 32.1. The lowest BCUT2D eigenvalue weighted by Crippen LogP contribution is -2.52. The maximum absolute atomic E-state index is 12.8. The van der Waals surface area contributed by atoms with Gasteiger partial charge in [0.15, 0.2) is 0 Å². The number of amides is 2. The Morgan fingerprint density at radius 1 is 1.20 bits per heavy atom. The molecule has 0 N–H and O–H groups in total. The summed E-state index contributed by atoms with van der Waals surface area (Å²) in [7, 11) is 0. The Hall–Kier alpha value is -1.40. The quantitative estimate of drug-likeness (QED) is 0.807. The minimum absolute atomic E-state index is 0.0965. The zero-order valence-corrected chi connectivity index (χ0v) is 16.1. The van der Waals surface area contributed by atoms with Gasteiger partial charge in [-0.1, -0.05) is 20.3 Å². The Kier molecular flexibility index (Phi) is 6.12. The fraction of sp³-hybridized carbons (Fsp3) is 0.684. The summed E-state index contributed by atoms with van der Waals surface area (Å²) in [5, 5.41) is 0. The molecule has 2 aliphatic heterocycles. The second kappa shape index (κ2) is 8.32. The number of aryl methyl sites for hydroxylation is 2. The van der Waals surface area contributed by atoms with Gasteiger partial charge in [0.25, 0.3) is 11.8 Å². The van der Waals surface area contributed by atoms with Gasteiger partial charge in [0.2, 0.25) is 0 Å². The third kappa shape index (κ3) is 4.06. The van der Waals surface area contributed by atoms with Crippen LogP contribution in [-0.2, 0) is 22.4 Å². The van der Waals surface area contributed by atoms with Crippen LogP contribution in [0.1, 0.15) is 53.2 Å². The predicted molar refractivity (Wildman–Crippen MR) is 99.1 cm³/mol. The van der Waals surface area contributed by atoms with Crippen LogP contribution in [0.15, 0.2) is 6.07 Å². The Morgan fingerprint density at radius 3 is 2.52 bits per heavy atom. The summed E-state index contributed by atoms with van der Waals surface area (Å²) in [5.74, 6) is 0.213. The summed E-state index contributed by atoms with van der Waals surface area (Å²) >= 11 is 1.65. The van der Waals surface area contributed by atoms with Crippen LogP contribution in [0.4, 0.5) is 0 Å². The van der Waals surface area contributed by atoms with E-state index in [1.807, 2.05) is 9.80 Å². The van der Waals surface area contributed by atoms with E-state index in [0.717, 1.165) is 37.0 Å². The maximum Gasteiger partial charge on any atom is 0.264 e. The van der Waals surface area contributed by atoms with E-state index in [9.17, 15) is 9.59 Å². The van der Waals surface area contributed by atoms with Crippen molar-refractivity contribution in [3.63, 3.8) is 0 Å². The number of hydrogen-bond acceptors (Lipinski definition) is 4. The zero-order chi connectivity index (χ0) is 17.8. The molecule has 3 heterocycles. The van der Waals surface area contributed by atoms with E-state index in [1.54, 1.807) is 11.3 Å². The number of piperazine rings is 1. The van der Waals surface area contributed by atoms with Gasteiger partial charge in [-0.2, -0.15) is 0 Å². The van der Waals surface area contributed by atoms with Crippen LogP contribution in [-0.4, -0.2) is 60.5 Å². The fourth-order valence-corrected chi connectivity index (χ4v) is 4.90. The van der Waals surface area contributed by atoms with Crippen LogP contribution in [0.2, 0.25) is 0 Å². The van der Waals surface area contributed by atoms with Gasteiger partial charge in [-0.05, 0) is 37.3 Å². The number of carbonyl (C=O) groups excluding carboxylic acids is 2. The van der Waals surface area contributed by atoms with Gasteiger partial charge >= 0.3 is 0 Å². The van der Waals surface area contributed by atoms with E-state index in [2.05, 4.69) is 19.9 Å². The smallest absolute Gasteiger partial charge is 0.264 e. The van der Waals surface area contributed by atoms with Crippen molar-refractivity contribution in [1.29, 1.82) is 0 Å². The van der Waals surface area contributed by atoms with Gasteiger partial charge in [-0.3, -0.25) is 9.59 Å². The standard InChI is InChI=1S/C19H28N2O3S/c1-3-6-16-14(4-2)13-17(25-16)19(23)21-10-8-20(9-11-21)18(22)15-7-5-12-24-15/h13,15H,3-12H2,1-2H3. The highest BCUT2D eigenvalue weighted by molar-refractivity contribution is 7.14. The molecule has 1 unspecified atom stereocenters. The first-order chi connectivity index (χ1) is 12.1. The van der Waals surface area contributed by atoms with Crippen molar-refractivity contribution in [2.45, 2.75) is 52.1 Å². The first-order valence-corrected chi connectivity index (χ1v) is 10.3. The molecule has 0 spiro atoms. The molecule has 6 heteroatoms. The van der Waals surface area contributed by atoms with Crippen LogP contribution in [0.5, 0.6) is 0 Å². The second-order valence-corrected chi connectivity index (χ2v) is 7.92. The summed E-state index contributed by atoms with van der Waals surface area (Å²) in [4.78, 5) is 31.2. The lowest BCUT2D eigenvalue weighted by atomic mass is 10.1. The minimum Gasteiger partial charge on any atom is -0.368 e. The van der Waals surface area contributed by atoms with Crippen molar-refractivity contribution < 1.29 is 14.3 Å². The highest BCUT2D eigenvalue weighted by Crippen LogP contribution is 2.26. The first kappa shape index (κ1) is 18.4. The van der Waals surface area contributed by atoms with Gasteiger partial charge < -0.3 is 14.5 Å². The summed E-state index contributed by atoms with van der Waals surface area (Å²) in [6, 6.07) is 2.07. The van der Waals surface area contributed by atoms with Crippen molar-refractivity contribution in [3.8, 4) is 0 Å². The molecule has 3 rings (SSSR count). The highest BCUT2D eigenvalue weighted by Gasteiger charge is 2.31. The molecule has 25 heavy (non-hydrogen) atoms. The number of carbonyl (C=O) groups is 2. The largest absolute Gasteiger partial charge is 0.368 e. The van der Waals surface area contributed by atoms with E-state index in [0.29, 0.717) is 32.8 Å². The molecular weight excluding hydrogens is 336 g/mol. The molecule has 0 aromatic carbocycles. The lowest BCUT2D eigenvalue weighted by molar-refractivity contribution is -0.142. The van der Waals surface area contributed by atoms with Crippen molar-refractivity contribution >= 4 is 23.2 Å². The third-order valence-corrected chi connectivity index (χ3v) is 6.27. The minimum atomic E-state index is -0.261. The Bertz CT molecular complexity index is 614. The molecule has 5 nitrogen and oxygen atoms in total. The number of thiophene rings is 1. The molecule has 0 bridgehead atoms. The van der Waals surface area contributed by atoms with E-state index in [-0.39, 0.29) is 17.9 Å². The molecule has 1 aromatic rings. The molecule has 0 saturated carbocycles. The van der Waals surface area contributed by atoms with Crippen LogP contribution in [0.3, 0.4) is 0 Å². The molecule has 2 aliphatic rings. The summed E-state index contributed by atoms with van der Waals surface area (Å²) in [5.41, 5.74) is 1.31. The van der Waals surface area contributed by atoms with Crippen LogP contribution in [0.25, 0.3) is 0 Å². The van der Waals surface area contributed by atoms with Crippen LogP contribution >= 0.6 is 11.3 Å². The normalized spacial score (nSPS) is 21.0. The topological polar surface area (TPSA) is 49.9 Å². The van der Waals surface area contributed by atoms with Crippen LogP contribution < -0.4 is 0 Å².